The number of anilines is 1. The molecular formula is C21H14BrClN2O3. The number of ether oxygens (including phenoxy) is 1. The van der Waals surface area contributed by atoms with Crippen LogP contribution in [0.3, 0.4) is 0 Å². The number of nitrogens with one attached hydrogen (secondary N) is 1. The molecule has 0 atom stereocenters. The normalized spacial score (nSPS) is 10.8. The molecule has 28 heavy (non-hydrogen) atoms. The summed E-state index contributed by atoms with van der Waals surface area (Å²) in [5, 5.41) is 3.35. The standard InChI is InChI=1S/C21H14BrClN2O3/c1-27-18-9-6-12(10-15(18)22)20(26)24-13-7-8-16(23)14(11-13)21-25-17-4-2-3-5-19(17)28-21/h2-11H,1H3,(H,24,26). The number of hydrogen-bond acceptors (Lipinski definition) is 4. The molecule has 0 unspecified atom stereocenters. The van der Waals surface area contributed by atoms with E-state index in [1.165, 1.54) is 0 Å². The van der Waals surface area contributed by atoms with Crippen LogP contribution in [-0.2, 0) is 0 Å². The lowest BCUT2D eigenvalue weighted by Gasteiger charge is -2.09. The summed E-state index contributed by atoms with van der Waals surface area (Å²) < 4.78 is 11.7. The molecule has 0 spiro atoms. The Bertz CT molecular complexity index is 1160. The zero-order valence-corrected chi connectivity index (χ0v) is 17.0. The Labute approximate surface area is 174 Å². The minimum atomic E-state index is -0.255. The second-order valence-electron chi connectivity index (χ2n) is 5.98. The van der Waals surface area contributed by atoms with Gasteiger partial charge in [-0.2, -0.15) is 0 Å². The molecule has 3 aromatic carbocycles. The van der Waals surface area contributed by atoms with E-state index in [1.807, 2.05) is 24.3 Å². The Balaban J connectivity index is 1.63. The van der Waals surface area contributed by atoms with Gasteiger partial charge >= 0.3 is 0 Å². The summed E-state index contributed by atoms with van der Waals surface area (Å²) in [5.41, 5.74) is 3.09. The topological polar surface area (TPSA) is 64.4 Å². The van der Waals surface area contributed by atoms with Crippen LogP contribution in [0.1, 0.15) is 10.4 Å². The molecule has 0 aliphatic heterocycles. The zero-order valence-electron chi connectivity index (χ0n) is 14.7. The molecule has 140 valence electrons. The van der Waals surface area contributed by atoms with Gasteiger partial charge in [0.05, 0.1) is 22.2 Å². The maximum absolute atomic E-state index is 12.6. The van der Waals surface area contributed by atoms with Gasteiger partial charge in [-0.25, -0.2) is 4.98 Å². The van der Waals surface area contributed by atoms with Crippen molar-refractivity contribution in [3.05, 3.63) is 75.7 Å². The number of nitrogens with zero attached hydrogens (tertiary/aromatic N) is 1. The SMILES string of the molecule is COc1ccc(C(=O)Nc2ccc(Cl)c(-c3nc4ccccc4o3)c2)cc1Br. The molecule has 0 bridgehead atoms. The minimum absolute atomic E-state index is 0.255. The van der Waals surface area contributed by atoms with Gasteiger partial charge in [-0.15, -0.1) is 0 Å². The second kappa shape index (κ2) is 7.66. The van der Waals surface area contributed by atoms with Crippen molar-refractivity contribution in [1.82, 2.24) is 4.98 Å². The van der Waals surface area contributed by atoms with Crippen molar-refractivity contribution in [1.29, 1.82) is 0 Å². The number of rotatable bonds is 4. The third kappa shape index (κ3) is 3.61. The van der Waals surface area contributed by atoms with Gasteiger partial charge in [0.1, 0.15) is 11.3 Å². The summed E-state index contributed by atoms with van der Waals surface area (Å²) >= 11 is 9.72. The van der Waals surface area contributed by atoms with Gasteiger partial charge in [-0.3, -0.25) is 4.79 Å². The molecular weight excluding hydrogens is 444 g/mol. The van der Waals surface area contributed by atoms with Crippen molar-refractivity contribution in [2.45, 2.75) is 0 Å². The fourth-order valence-corrected chi connectivity index (χ4v) is 3.50. The van der Waals surface area contributed by atoms with E-state index in [-0.39, 0.29) is 5.91 Å². The zero-order chi connectivity index (χ0) is 19.7. The van der Waals surface area contributed by atoms with E-state index in [2.05, 4.69) is 26.2 Å². The summed E-state index contributed by atoms with van der Waals surface area (Å²) in [6.07, 6.45) is 0. The number of aromatic nitrogens is 1. The lowest BCUT2D eigenvalue weighted by molar-refractivity contribution is 0.102. The van der Waals surface area contributed by atoms with Gasteiger partial charge < -0.3 is 14.5 Å². The second-order valence-corrected chi connectivity index (χ2v) is 7.25. The summed E-state index contributed by atoms with van der Waals surface area (Å²) in [5.74, 6) is 0.796. The number of carbonyl (C=O) groups excluding carboxylic acids is 1. The summed E-state index contributed by atoms with van der Waals surface area (Å²) in [4.78, 5) is 17.1. The fourth-order valence-electron chi connectivity index (χ4n) is 2.77. The highest BCUT2D eigenvalue weighted by Gasteiger charge is 2.14. The summed E-state index contributed by atoms with van der Waals surface area (Å²) in [6.45, 7) is 0. The number of amides is 1. The quantitative estimate of drug-likeness (QED) is 0.398. The molecule has 0 saturated heterocycles. The smallest absolute Gasteiger partial charge is 0.255 e. The first-order chi connectivity index (χ1) is 13.5. The van der Waals surface area contributed by atoms with E-state index in [0.717, 1.165) is 5.52 Å². The average molecular weight is 458 g/mol. The molecule has 1 heterocycles. The Morgan fingerprint density at radius 1 is 1.14 bits per heavy atom. The van der Waals surface area contributed by atoms with Crippen molar-refractivity contribution in [3.8, 4) is 17.2 Å². The van der Waals surface area contributed by atoms with E-state index in [9.17, 15) is 4.79 Å². The Morgan fingerprint density at radius 3 is 2.71 bits per heavy atom. The van der Waals surface area contributed by atoms with Gasteiger partial charge in [-0.1, -0.05) is 23.7 Å². The van der Waals surface area contributed by atoms with Crippen LogP contribution in [-0.4, -0.2) is 18.0 Å². The van der Waals surface area contributed by atoms with Crippen LogP contribution in [0.25, 0.3) is 22.6 Å². The molecule has 1 amide bonds. The Kier molecular flexibility index (Phi) is 5.07. The maximum atomic E-state index is 12.6. The van der Waals surface area contributed by atoms with E-state index < -0.39 is 0 Å². The number of methoxy groups -OCH3 is 1. The molecule has 7 heteroatoms. The number of benzene rings is 3. The lowest BCUT2D eigenvalue weighted by atomic mass is 10.1. The predicted molar refractivity (Wildman–Crippen MR) is 113 cm³/mol. The third-order valence-corrected chi connectivity index (χ3v) is 5.11. The molecule has 0 aliphatic rings. The predicted octanol–water partition coefficient (Wildman–Crippen LogP) is 6.17. The molecule has 0 aliphatic carbocycles. The van der Waals surface area contributed by atoms with Crippen LogP contribution in [0.5, 0.6) is 5.75 Å². The Hall–Kier alpha value is -2.83. The van der Waals surface area contributed by atoms with Crippen LogP contribution in [0, 0.1) is 0 Å². The van der Waals surface area contributed by atoms with Crippen LogP contribution >= 0.6 is 27.5 Å². The highest BCUT2D eigenvalue weighted by molar-refractivity contribution is 9.10. The van der Waals surface area contributed by atoms with Crippen molar-refractivity contribution < 1.29 is 13.9 Å². The van der Waals surface area contributed by atoms with Crippen molar-refractivity contribution in [2.24, 2.45) is 0 Å². The largest absolute Gasteiger partial charge is 0.496 e. The van der Waals surface area contributed by atoms with Crippen LogP contribution in [0.2, 0.25) is 5.02 Å². The van der Waals surface area contributed by atoms with Gasteiger partial charge in [0.25, 0.3) is 5.91 Å². The summed E-state index contributed by atoms with van der Waals surface area (Å²) in [7, 11) is 1.57. The fraction of sp³-hybridized carbons (Fsp3) is 0.0476. The summed E-state index contributed by atoms with van der Waals surface area (Å²) in [6, 6.07) is 17.8. The molecule has 0 radical (unpaired) electrons. The number of hydrogen-bond donors (Lipinski definition) is 1. The molecule has 1 N–H and O–H groups in total. The van der Waals surface area contributed by atoms with Crippen molar-refractivity contribution in [3.63, 3.8) is 0 Å². The van der Waals surface area contributed by atoms with E-state index in [0.29, 0.717) is 43.5 Å². The van der Waals surface area contributed by atoms with Crippen LogP contribution < -0.4 is 10.1 Å². The first-order valence-electron chi connectivity index (χ1n) is 8.35. The molecule has 0 saturated carbocycles. The lowest BCUT2D eigenvalue weighted by Crippen LogP contribution is -2.12. The van der Waals surface area contributed by atoms with Gasteiger partial charge in [0, 0.05) is 11.3 Å². The van der Waals surface area contributed by atoms with Crippen molar-refractivity contribution in [2.75, 3.05) is 12.4 Å². The number of oxazole rings is 1. The highest BCUT2D eigenvalue weighted by Crippen LogP contribution is 2.32. The number of fused-ring (bicyclic) bond motifs is 1. The Morgan fingerprint density at radius 2 is 1.96 bits per heavy atom. The van der Waals surface area contributed by atoms with Crippen LogP contribution in [0.15, 0.2) is 69.6 Å². The molecule has 4 aromatic rings. The highest BCUT2D eigenvalue weighted by atomic mass is 79.9. The van der Waals surface area contributed by atoms with Gasteiger partial charge in [0.15, 0.2) is 5.58 Å². The van der Waals surface area contributed by atoms with Crippen LogP contribution in [0.4, 0.5) is 5.69 Å². The van der Waals surface area contributed by atoms with E-state index in [4.69, 9.17) is 20.8 Å². The van der Waals surface area contributed by atoms with Crippen molar-refractivity contribution >= 4 is 50.2 Å². The molecule has 5 nitrogen and oxygen atoms in total. The van der Waals surface area contributed by atoms with E-state index in [1.54, 1.807) is 43.5 Å². The van der Waals surface area contributed by atoms with Gasteiger partial charge in [0.2, 0.25) is 5.89 Å². The van der Waals surface area contributed by atoms with Gasteiger partial charge in [-0.05, 0) is 64.5 Å². The first-order valence-corrected chi connectivity index (χ1v) is 9.52. The number of carbonyl (C=O) groups is 1. The average Bonchev–Trinajstić information content (AvgIpc) is 3.13. The number of halogens is 2. The van der Waals surface area contributed by atoms with E-state index >= 15 is 0 Å². The molecule has 4 rings (SSSR count). The maximum Gasteiger partial charge on any atom is 0.255 e. The monoisotopic (exact) mass is 456 g/mol. The molecule has 1 aromatic heterocycles. The minimum Gasteiger partial charge on any atom is -0.496 e. The first kappa shape index (κ1) is 18.5. The number of para-hydroxylation sites is 2. The third-order valence-electron chi connectivity index (χ3n) is 4.16. The molecule has 0 fully saturated rings.